The molecular formula is C38H46O8. The van der Waals surface area contributed by atoms with Gasteiger partial charge in [-0.2, -0.15) is 0 Å². The Kier molecular flexibility index (Phi) is 8.52. The molecule has 1 saturated heterocycles. The summed E-state index contributed by atoms with van der Waals surface area (Å²) in [5, 5.41) is 33.0. The number of Topliss-reactive ketones (excluding diaryl/α,β-unsaturated/α-hetero) is 2. The molecule has 246 valence electrons. The number of aromatic hydroxyl groups is 2. The van der Waals surface area contributed by atoms with Crippen LogP contribution in [0, 0.1) is 11.8 Å². The molecule has 1 saturated carbocycles. The van der Waals surface area contributed by atoms with E-state index >= 15 is 0 Å². The maximum Gasteiger partial charge on any atom is 0.330 e. The van der Waals surface area contributed by atoms with E-state index in [-0.39, 0.29) is 64.6 Å². The number of phenolic OH excluding ortho intramolecular Hbond substituents is 2. The predicted molar refractivity (Wildman–Crippen MR) is 175 cm³/mol. The largest absolute Gasteiger partial charge is 0.507 e. The van der Waals surface area contributed by atoms with E-state index in [0.717, 1.165) is 24.0 Å². The zero-order valence-electron chi connectivity index (χ0n) is 28.2. The quantitative estimate of drug-likeness (QED) is 0.182. The monoisotopic (exact) mass is 630 g/mol. The number of fused-ring (bicyclic) bond motifs is 1. The summed E-state index contributed by atoms with van der Waals surface area (Å²) < 4.78 is 13.6. The SMILES string of the molecule is CC(C)=CCC/C(C)=C/Cc1c(O)c(CC=C(C)C)c2c(c1O)C(=O)C1=C[C@@H]3C[C@H]4C(C)(C)O[C@@](C/C=C(\C)C(=O)O)(C3=O)[C@]14O2. The van der Waals surface area contributed by atoms with Crippen molar-refractivity contribution < 1.29 is 39.2 Å². The van der Waals surface area contributed by atoms with Crippen molar-refractivity contribution in [3.63, 3.8) is 0 Å². The van der Waals surface area contributed by atoms with E-state index in [0.29, 0.717) is 12.0 Å². The Labute approximate surface area is 271 Å². The van der Waals surface area contributed by atoms with Crippen molar-refractivity contribution in [3.8, 4) is 17.2 Å². The molecule has 0 unspecified atom stereocenters. The fourth-order valence-electron chi connectivity index (χ4n) is 7.80. The summed E-state index contributed by atoms with van der Waals surface area (Å²) in [6, 6.07) is 0. The van der Waals surface area contributed by atoms with Crippen LogP contribution in [0.2, 0.25) is 0 Å². The highest BCUT2D eigenvalue weighted by Gasteiger charge is 2.81. The van der Waals surface area contributed by atoms with Gasteiger partial charge in [0, 0.05) is 40.5 Å². The van der Waals surface area contributed by atoms with Crippen molar-refractivity contribution in [2.45, 2.75) is 111 Å². The smallest absolute Gasteiger partial charge is 0.330 e. The molecule has 0 radical (unpaired) electrons. The Balaban J connectivity index is 1.71. The van der Waals surface area contributed by atoms with Gasteiger partial charge in [0.2, 0.25) is 0 Å². The van der Waals surface area contributed by atoms with Crippen LogP contribution in [0.3, 0.4) is 0 Å². The summed E-state index contributed by atoms with van der Waals surface area (Å²) in [4.78, 5) is 40.6. The topological polar surface area (TPSA) is 130 Å². The molecule has 1 aromatic carbocycles. The molecule has 5 aliphatic rings. The number of carbonyl (C=O) groups excluding carboxylic acids is 2. The number of benzene rings is 1. The van der Waals surface area contributed by atoms with Crippen LogP contribution in [-0.2, 0) is 27.2 Å². The lowest BCUT2D eigenvalue weighted by molar-refractivity contribution is -0.171. The summed E-state index contributed by atoms with van der Waals surface area (Å²) in [6.07, 6.45) is 11.6. The average Bonchev–Trinajstić information content (AvgIpc) is 3.12. The van der Waals surface area contributed by atoms with E-state index in [1.165, 1.54) is 18.6 Å². The summed E-state index contributed by atoms with van der Waals surface area (Å²) in [5.74, 6) is -3.33. The van der Waals surface area contributed by atoms with Gasteiger partial charge in [-0.3, -0.25) is 9.59 Å². The fraction of sp³-hybridized carbons (Fsp3) is 0.500. The van der Waals surface area contributed by atoms with Crippen LogP contribution in [0.4, 0.5) is 0 Å². The molecule has 4 atom stereocenters. The van der Waals surface area contributed by atoms with Crippen LogP contribution in [0.5, 0.6) is 17.2 Å². The molecule has 4 bridgehead atoms. The van der Waals surface area contributed by atoms with Crippen LogP contribution in [0.1, 0.15) is 103 Å². The predicted octanol–water partition coefficient (Wildman–Crippen LogP) is 7.27. The first-order chi connectivity index (χ1) is 21.5. The zero-order chi connectivity index (χ0) is 33.9. The molecular weight excluding hydrogens is 584 g/mol. The molecule has 46 heavy (non-hydrogen) atoms. The minimum absolute atomic E-state index is 0.0259. The van der Waals surface area contributed by atoms with Crippen molar-refractivity contribution in [3.05, 3.63) is 74.9 Å². The van der Waals surface area contributed by atoms with Crippen molar-refractivity contribution in [2.75, 3.05) is 0 Å². The first-order valence-corrected chi connectivity index (χ1v) is 16.1. The van der Waals surface area contributed by atoms with Gasteiger partial charge >= 0.3 is 5.97 Å². The van der Waals surface area contributed by atoms with E-state index < -0.39 is 40.4 Å². The Hall–Kier alpha value is -3.91. The highest BCUT2D eigenvalue weighted by molar-refractivity contribution is 6.18. The van der Waals surface area contributed by atoms with E-state index in [1.807, 2.05) is 46.8 Å². The van der Waals surface area contributed by atoms with Gasteiger partial charge in [0.25, 0.3) is 0 Å². The molecule has 3 aliphatic carbocycles. The Bertz CT molecular complexity index is 1670. The summed E-state index contributed by atoms with van der Waals surface area (Å²) in [6.45, 7) is 15.2. The van der Waals surface area contributed by atoms with Gasteiger partial charge in [0.15, 0.2) is 22.8 Å². The minimum atomic E-state index is -1.67. The van der Waals surface area contributed by atoms with Crippen LogP contribution >= 0.6 is 0 Å². The van der Waals surface area contributed by atoms with Crippen molar-refractivity contribution in [1.29, 1.82) is 0 Å². The molecule has 2 heterocycles. The molecule has 1 spiro atoms. The van der Waals surface area contributed by atoms with Crippen molar-refractivity contribution >= 4 is 17.5 Å². The van der Waals surface area contributed by atoms with Crippen molar-refractivity contribution in [2.24, 2.45) is 11.8 Å². The fourth-order valence-corrected chi connectivity index (χ4v) is 7.80. The van der Waals surface area contributed by atoms with Gasteiger partial charge in [-0.25, -0.2) is 4.79 Å². The zero-order valence-corrected chi connectivity index (χ0v) is 28.2. The standard InChI is InChI=1S/C38H46O8/c1-20(2)10-9-11-22(5)13-15-25-30(39)26(14-12-21(3)4)33-29(31(25)40)32(41)27-18-24-19-28-36(7,8)46-37(34(24)42,38(27,28)45-33)17-16-23(6)35(43)44/h10,12-13,16,18,24,28,39-40H,9,11,14-15,17,19H2,1-8H3,(H,43,44)/b22-13+,23-16+/t24-,28+,37+,38+/m1/s1. The van der Waals surface area contributed by atoms with Crippen LogP contribution in [0.25, 0.3) is 0 Å². The molecule has 2 aliphatic heterocycles. The number of hydrogen-bond donors (Lipinski definition) is 3. The Morgan fingerprint density at radius 2 is 1.59 bits per heavy atom. The van der Waals surface area contributed by atoms with Gasteiger partial charge in [-0.1, -0.05) is 47.1 Å². The van der Waals surface area contributed by atoms with Gasteiger partial charge in [-0.05, 0) is 87.5 Å². The third-order valence-electron chi connectivity index (χ3n) is 10.2. The molecule has 6 rings (SSSR count). The van der Waals surface area contributed by atoms with Crippen LogP contribution in [-0.4, -0.2) is 49.7 Å². The number of ether oxygens (including phenoxy) is 2. The molecule has 8 nitrogen and oxygen atoms in total. The van der Waals surface area contributed by atoms with E-state index in [2.05, 4.69) is 19.9 Å². The van der Waals surface area contributed by atoms with E-state index in [1.54, 1.807) is 6.08 Å². The number of phenols is 2. The van der Waals surface area contributed by atoms with Crippen molar-refractivity contribution in [1.82, 2.24) is 0 Å². The number of hydrogen-bond acceptors (Lipinski definition) is 7. The number of carboxylic acid groups (broad SMARTS) is 1. The van der Waals surface area contributed by atoms with Gasteiger partial charge < -0.3 is 24.8 Å². The summed E-state index contributed by atoms with van der Waals surface area (Å²) in [5.41, 5.74) is 0.0623. The highest BCUT2D eigenvalue weighted by atomic mass is 16.6. The first kappa shape index (κ1) is 33.5. The number of carbonyl (C=O) groups is 3. The highest BCUT2D eigenvalue weighted by Crippen LogP contribution is 2.68. The third kappa shape index (κ3) is 5.05. The molecule has 1 aromatic rings. The number of ketones is 2. The number of aliphatic carboxylic acids is 1. The lowest BCUT2D eigenvalue weighted by Gasteiger charge is -2.56. The van der Waals surface area contributed by atoms with E-state index in [4.69, 9.17) is 9.47 Å². The second-order valence-electron chi connectivity index (χ2n) is 14.4. The Morgan fingerprint density at radius 1 is 0.935 bits per heavy atom. The normalized spacial score (nSPS) is 27.4. The van der Waals surface area contributed by atoms with Gasteiger partial charge in [-0.15, -0.1) is 0 Å². The number of rotatable bonds is 10. The van der Waals surface area contributed by atoms with Crippen LogP contribution < -0.4 is 4.74 Å². The maximum atomic E-state index is 14.7. The Morgan fingerprint density at radius 3 is 2.22 bits per heavy atom. The second kappa shape index (κ2) is 11.7. The molecule has 3 N–H and O–H groups in total. The summed E-state index contributed by atoms with van der Waals surface area (Å²) in [7, 11) is 0. The van der Waals surface area contributed by atoms with E-state index in [9.17, 15) is 29.7 Å². The maximum absolute atomic E-state index is 14.7. The lowest BCUT2D eigenvalue weighted by atomic mass is 9.51. The van der Waals surface area contributed by atoms with Crippen LogP contribution in [0.15, 0.2) is 58.2 Å². The molecule has 0 aromatic heterocycles. The second-order valence-corrected chi connectivity index (χ2v) is 14.4. The number of carboxylic acids is 1. The lowest BCUT2D eigenvalue weighted by Crippen LogP contribution is -2.72. The third-order valence-corrected chi connectivity index (χ3v) is 10.2. The minimum Gasteiger partial charge on any atom is -0.507 e. The van der Waals surface area contributed by atoms with Gasteiger partial charge in [0.1, 0.15) is 22.8 Å². The summed E-state index contributed by atoms with van der Waals surface area (Å²) >= 11 is 0. The number of allylic oxidation sites excluding steroid dienone is 7. The molecule has 0 amide bonds. The average molecular weight is 631 g/mol. The first-order valence-electron chi connectivity index (χ1n) is 16.1. The molecule has 2 fully saturated rings. The molecule has 8 heteroatoms. The van der Waals surface area contributed by atoms with Gasteiger partial charge in [0.05, 0.1) is 5.60 Å².